The molecule has 0 radical (unpaired) electrons. The summed E-state index contributed by atoms with van der Waals surface area (Å²) < 4.78 is 28.5. The summed E-state index contributed by atoms with van der Waals surface area (Å²) in [4.78, 5) is 13.5. The van der Waals surface area contributed by atoms with E-state index in [1.165, 1.54) is 29.1 Å². The van der Waals surface area contributed by atoms with Crippen molar-refractivity contribution in [3.63, 3.8) is 0 Å². The van der Waals surface area contributed by atoms with Crippen molar-refractivity contribution >= 4 is 37.6 Å². The highest BCUT2D eigenvalue weighted by molar-refractivity contribution is 7.87. The maximum absolute atomic E-state index is 12.3. The second kappa shape index (κ2) is 7.83. The number of nitrogens with one attached hydrogen (secondary N) is 2. The van der Waals surface area contributed by atoms with Crippen molar-refractivity contribution in [1.29, 1.82) is 0 Å². The third-order valence-electron chi connectivity index (χ3n) is 5.96. The van der Waals surface area contributed by atoms with Crippen LogP contribution in [-0.4, -0.2) is 67.4 Å². The molecule has 3 heterocycles. The van der Waals surface area contributed by atoms with Gasteiger partial charge in [-0.2, -0.15) is 12.7 Å². The molecule has 0 atom stereocenters. The number of rotatable bonds is 5. The van der Waals surface area contributed by atoms with Gasteiger partial charge >= 0.3 is 0 Å². The molecular formula is C18H28N6O2S2. The largest absolute Gasteiger partial charge is 0.367 e. The smallest absolute Gasteiger partial charge is 0.279 e. The standard InChI is InChI=1S/C18H28N6O2S2/c1-19-28(25,26)24-9-8-15-14(10-24)16-17(20-11-21-18(16)27-15)22-12-4-6-13(7-5-12)23(2)3/h11-13,19H,4-10H2,1-3H3,(H,20,21,22). The Morgan fingerprint density at radius 3 is 2.64 bits per heavy atom. The maximum Gasteiger partial charge on any atom is 0.279 e. The average molecular weight is 425 g/mol. The summed E-state index contributed by atoms with van der Waals surface area (Å²) in [6, 6.07) is 1.04. The Hall–Kier alpha value is -1.33. The summed E-state index contributed by atoms with van der Waals surface area (Å²) in [7, 11) is 2.31. The minimum absolute atomic E-state index is 0.369. The van der Waals surface area contributed by atoms with Crippen LogP contribution in [0.1, 0.15) is 36.1 Å². The van der Waals surface area contributed by atoms with E-state index in [-0.39, 0.29) is 0 Å². The van der Waals surface area contributed by atoms with Crippen molar-refractivity contribution < 1.29 is 8.42 Å². The first-order chi connectivity index (χ1) is 13.4. The Morgan fingerprint density at radius 2 is 1.96 bits per heavy atom. The zero-order valence-corrected chi connectivity index (χ0v) is 18.2. The molecule has 0 unspecified atom stereocenters. The second-order valence-electron chi connectivity index (χ2n) is 7.81. The van der Waals surface area contributed by atoms with Gasteiger partial charge in [0.2, 0.25) is 0 Å². The Labute approximate surface area is 170 Å². The van der Waals surface area contributed by atoms with Crippen molar-refractivity contribution in [2.45, 2.75) is 50.7 Å². The van der Waals surface area contributed by atoms with Gasteiger partial charge in [-0.25, -0.2) is 14.7 Å². The van der Waals surface area contributed by atoms with Crippen molar-refractivity contribution in [2.75, 3.05) is 33.0 Å². The van der Waals surface area contributed by atoms with Gasteiger partial charge in [0.05, 0.1) is 5.39 Å². The molecule has 1 saturated carbocycles. The van der Waals surface area contributed by atoms with Crippen LogP contribution in [0.5, 0.6) is 0 Å². The fraction of sp³-hybridized carbons (Fsp3) is 0.667. The van der Waals surface area contributed by atoms with E-state index in [4.69, 9.17) is 0 Å². The van der Waals surface area contributed by atoms with Crippen molar-refractivity contribution in [3.05, 3.63) is 16.8 Å². The number of nitrogens with zero attached hydrogens (tertiary/aromatic N) is 4. The average Bonchev–Trinajstić information content (AvgIpc) is 3.07. The summed E-state index contributed by atoms with van der Waals surface area (Å²) in [5.74, 6) is 0.847. The molecule has 28 heavy (non-hydrogen) atoms. The summed E-state index contributed by atoms with van der Waals surface area (Å²) in [5.41, 5.74) is 1.05. The quantitative estimate of drug-likeness (QED) is 0.761. The zero-order chi connectivity index (χ0) is 19.9. The number of thiophene rings is 1. The number of fused-ring (bicyclic) bond motifs is 3. The molecule has 0 aromatic carbocycles. The highest BCUT2D eigenvalue weighted by Crippen LogP contribution is 2.38. The number of hydrogen-bond acceptors (Lipinski definition) is 7. The van der Waals surface area contributed by atoms with E-state index in [2.05, 4.69) is 39.0 Å². The second-order valence-corrected chi connectivity index (χ2v) is 10.8. The van der Waals surface area contributed by atoms with Crippen LogP contribution >= 0.6 is 11.3 Å². The Bertz CT molecular complexity index is 950. The lowest BCUT2D eigenvalue weighted by Crippen LogP contribution is -2.41. The minimum Gasteiger partial charge on any atom is -0.367 e. The van der Waals surface area contributed by atoms with Crippen molar-refractivity contribution in [1.82, 2.24) is 23.9 Å². The normalized spacial score (nSPS) is 23.9. The van der Waals surface area contributed by atoms with Crippen molar-refractivity contribution in [3.8, 4) is 0 Å². The van der Waals surface area contributed by atoms with Gasteiger partial charge in [-0.15, -0.1) is 11.3 Å². The van der Waals surface area contributed by atoms with Crippen LogP contribution < -0.4 is 10.0 Å². The van der Waals surface area contributed by atoms with Gasteiger partial charge in [0.25, 0.3) is 10.2 Å². The van der Waals surface area contributed by atoms with Gasteiger partial charge < -0.3 is 10.2 Å². The first-order valence-electron chi connectivity index (χ1n) is 9.76. The summed E-state index contributed by atoms with van der Waals surface area (Å²) in [6.07, 6.45) is 6.90. The molecule has 0 saturated heterocycles. The van der Waals surface area contributed by atoms with Crippen LogP contribution in [0.2, 0.25) is 0 Å². The lowest BCUT2D eigenvalue weighted by molar-refractivity contribution is 0.221. The lowest BCUT2D eigenvalue weighted by Gasteiger charge is -2.33. The minimum atomic E-state index is -3.44. The van der Waals surface area contributed by atoms with Crippen LogP contribution in [0.4, 0.5) is 5.82 Å². The summed E-state index contributed by atoms with van der Waals surface area (Å²) in [5, 5.41) is 4.63. The van der Waals surface area contributed by atoms with Gasteiger partial charge in [-0.1, -0.05) is 0 Å². The Kier molecular flexibility index (Phi) is 5.58. The number of aromatic nitrogens is 2. The van der Waals surface area contributed by atoms with Crippen LogP contribution in [-0.2, 0) is 23.2 Å². The molecule has 2 N–H and O–H groups in total. The molecule has 10 heteroatoms. The molecule has 2 aliphatic rings. The predicted molar refractivity (Wildman–Crippen MR) is 113 cm³/mol. The fourth-order valence-corrected chi connectivity index (χ4v) is 6.29. The van der Waals surface area contributed by atoms with E-state index in [0.717, 1.165) is 34.4 Å². The topological polar surface area (TPSA) is 90.5 Å². The Balaban J connectivity index is 1.60. The molecular weight excluding hydrogens is 396 g/mol. The van der Waals surface area contributed by atoms with Gasteiger partial charge in [-0.05, 0) is 51.8 Å². The van der Waals surface area contributed by atoms with Gasteiger partial charge in [0, 0.05) is 37.1 Å². The van der Waals surface area contributed by atoms with Gasteiger partial charge in [-0.3, -0.25) is 0 Å². The number of hydrogen-bond donors (Lipinski definition) is 2. The monoisotopic (exact) mass is 424 g/mol. The summed E-state index contributed by atoms with van der Waals surface area (Å²) >= 11 is 1.66. The molecule has 8 nitrogen and oxygen atoms in total. The lowest BCUT2D eigenvalue weighted by atomic mass is 9.90. The third-order valence-corrected chi connectivity index (χ3v) is 8.67. The molecule has 0 spiro atoms. The van der Waals surface area contributed by atoms with Crippen molar-refractivity contribution in [2.24, 2.45) is 0 Å². The van der Waals surface area contributed by atoms with Crippen LogP contribution in [0.15, 0.2) is 6.33 Å². The van der Waals surface area contributed by atoms with E-state index in [1.54, 1.807) is 17.7 Å². The zero-order valence-electron chi connectivity index (χ0n) is 16.6. The van der Waals surface area contributed by atoms with E-state index < -0.39 is 10.2 Å². The first kappa shape index (κ1) is 20.0. The van der Waals surface area contributed by atoms with Gasteiger partial charge in [0.1, 0.15) is 17.0 Å². The molecule has 0 amide bonds. The Morgan fingerprint density at radius 1 is 1.21 bits per heavy atom. The van der Waals surface area contributed by atoms with Crippen LogP contribution in [0.3, 0.4) is 0 Å². The molecule has 154 valence electrons. The molecule has 0 bridgehead atoms. The highest BCUT2D eigenvalue weighted by Gasteiger charge is 2.30. The van der Waals surface area contributed by atoms with Crippen LogP contribution in [0, 0.1) is 0 Å². The predicted octanol–water partition coefficient (Wildman–Crippen LogP) is 1.80. The highest BCUT2D eigenvalue weighted by atomic mass is 32.2. The molecule has 2 aromatic rings. The van der Waals surface area contributed by atoms with E-state index in [1.807, 2.05) is 0 Å². The number of anilines is 1. The fourth-order valence-electron chi connectivity index (χ4n) is 4.26. The molecule has 1 aliphatic carbocycles. The van der Waals surface area contributed by atoms with E-state index in [0.29, 0.717) is 31.6 Å². The van der Waals surface area contributed by atoms with E-state index >= 15 is 0 Å². The molecule has 1 aliphatic heterocycles. The molecule has 1 fully saturated rings. The van der Waals surface area contributed by atoms with Crippen LogP contribution in [0.25, 0.3) is 10.2 Å². The van der Waals surface area contributed by atoms with Gasteiger partial charge in [0.15, 0.2) is 0 Å². The molecule has 4 rings (SSSR count). The maximum atomic E-state index is 12.3. The summed E-state index contributed by atoms with van der Waals surface area (Å²) in [6.45, 7) is 0.863. The van der Waals surface area contributed by atoms with E-state index in [9.17, 15) is 8.42 Å². The molecule has 2 aromatic heterocycles. The first-order valence-corrected chi connectivity index (χ1v) is 12.0. The third kappa shape index (κ3) is 3.76. The SMILES string of the molecule is CNS(=O)(=O)N1CCc2sc3ncnc(NC4CCC(N(C)C)CC4)c3c2C1.